The molecule has 0 aliphatic heterocycles. The van der Waals surface area contributed by atoms with Crippen molar-refractivity contribution in [2.24, 2.45) is 0 Å². The zero-order chi connectivity index (χ0) is 26.2. The lowest BCUT2D eigenvalue weighted by atomic mass is 10.1. The van der Waals surface area contributed by atoms with E-state index >= 15 is 0 Å². The van der Waals surface area contributed by atoms with Crippen molar-refractivity contribution in [1.82, 2.24) is 18.8 Å². The normalized spacial score (nSPS) is 12.6. The average molecular weight is 506 g/mol. The second kappa shape index (κ2) is 9.73. The van der Waals surface area contributed by atoms with Gasteiger partial charge in [-0.1, -0.05) is 36.8 Å². The van der Waals surface area contributed by atoms with Crippen molar-refractivity contribution in [3.8, 4) is 5.69 Å². The summed E-state index contributed by atoms with van der Waals surface area (Å²) in [6.45, 7) is 9.40. The molecule has 9 heteroatoms. The number of amides is 1. The summed E-state index contributed by atoms with van der Waals surface area (Å²) in [4.78, 5) is 21.3. The van der Waals surface area contributed by atoms with E-state index in [0.29, 0.717) is 4.31 Å². The number of hydrogen-bond acceptors (Lipinski definition) is 6. The van der Waals surface area contributed by atoms with E-state index in [1.165, 1.54) is 12.1 Å². The number of carboxylic acid groups (broad SMARTS) is 1. The summed E-state index contributed by atoms with van der Waals surface area (Å²) in [7, 11) is -4.27. The van der Waals surface area contributed by atoms with Crippen LogP contribution in [0.1, 0.15) is 42.1 Å². The molecule has 0 radical (unpaired) electrons. The number of fused-ring (bicyclic) bond motifs is 1. The SMILES string of the molecule is CCc1nc2c(C)cc(C)nc2n1-c1ccc(CC(C)N(C(=O)[O-])S(=O)(=O)c2ccc(C)cc2)cc1. The molecule has 8 nitrogen and oxygen atoms in total. The largest absolute Gasteiger partial charge is 0.529 e. The van der Waals surface area contributed by atoms with Gasteiger partial charge in [0.25, 0.3) is 10.0 Å². The number of carbonyl (C=O) groups is 1. The van der Waals surface area contributed by atoms with E-state index in [4.69, 9.17) is 9.97 Å². The minimum absolute atomic E-state index is 0.0864. The molecule has 1 atom stereocenters. The second-order valence-electron chi connectivity index (χ2n) is 9.07. The van der Waals surface area contributed by atoms with Crippen LogP contribution >= 0.6 is 0 Å². The first kappa shape index (κ1) is 25.4. The van der Waals surface area contributed by atoms with E-state index in [9.17, 15) is 18.3 Å². The monoisotopic (exact) mass is 505 g/mol. The lowest BCUT2D eigenvalue weighted by molar-refractivity contribution is -0.260. The van der Waals surface area contributed by atoms with Gasteiger partial charge >= 0.3 is 0 Å². The Morgan fingerprint density at radius 1 is 1.03 bits per heavy atom. The Kier molecular flexibility index (Phi) is 6.86. The molecule has 4 rings (SSSR count). The van der Waals surface area contributed by atoms with Crippen LogP contribution in [0.4, 0.5) is 4.79 Å². The van der Waals surface area contributed by atoms with Crippen molar-refractivity contribution in [3.05, 3.63) is 82.8 Å². The fourth-order valence-electron chi connectivity index (χ4n) is 4.46. The molecule has 0 aliphatic carbocycles. The minimum atomic E-state index is -4.27. The highest BCUT2D eigenvalue weighted by Crippen LogP contribution is 2.25. The average Bonchev–Trinajstić information content (AvgIpc) is 3.18. The number of aryl methyl sites for hydroxylation is 4. The molecule has 0 bridgehead atoms. The molecular formula is C27H29N4O4S-. The maximum atomic E-state index is 13.1. The van der Waals surface area contributed by atoms with Gasteiger partial charge in [0.15, 0.2) is 11.7 Å². The van der Waals surface area contributed by atoms with Crippen LogP contribution in [0.5, 0.6) is 0 Å². The molecule has 0 saturated carbocycles. The molecule has 0 spiro atoms. The van der Waals surface area contributed by atoms with Crippen LogP contribution in [0.25, 0.3) is 16.9 Å². The molecule has 2 aromatic heterocycles. The van der Waals surface area contributed by atoms with Gasteiger partial charge in [-0.3, -0.25) is 4.57 Å². The number of rotatable bonds is 7. The van der Waals surface area contributed by atoms with Gasteiger partial charge in [0.1, 0.15) is 11.3 Å². The summed E-state index contributed by atoms with van der Waals surface area (Å²) in [6.07, 6.45) is -0.833. The zero-order valence-electron chi connectivity index (χ0n) is 21.0. The van der Waals surface area contributed by atoms with Crippen LogP contribution in [0.3, 0.4) is 0 Å². The van der Waals surface area contributed by atoms with E-state index in [2.05, 4.69) is 0 Å². The molecule has 188 valence electrons. The summed E-state index contributed by atoms with van der Waals surface area (Å²) < 4.78 is 28.6. The number of hydrogen-bond donors (Lipinski definition) is 0. The van der Waals surface area contributed by atoms with Crippen molar-refractivity contribution in [2.75, 3.05) is 0 Å². The van der Waals surface area contributed by atoms with E-state index < -0.39 is 22.2 Å². The molecule has 0 fully saturated rings. The van der Waals surface area contributed by atoms with Crippen molar-refractivity contribution in [3.63, 3.8) is 0 Å². The van der Waals surface area contributed by atoms with Gasteiger partial charge < -0.3 is 9.90 Å². The van der Waals surface area contributed by atoms with Crippen LogP contribution in [-0.2, 0) is 22.9 Å². The Bertz CT molecular complexity index is 1530. The summed E-state index contributed by atoms with van der Waals surface area (Å²) in [6, 6.07) is 14.8. The summed E-state index contributed by atoms with van der Waals surface area (Å²) in [5, 5.41) is 11.9. The highest BCUT2D eigenvalue weighted by molar-refractivity contribution is 7.89. The van der Waals surface area contributed by atoms with Crippen LogP contribution in [0, 0.1) is 20.8 Å². The summed E-state index contributed by atoms with van der Waals surface area (Å²) in [5.41, 5.74) is 6.17. The number of benzene rings is 2. The standard InChI is InChI=1S/C27H30N4O4S/c1-6-24-29-25-18(3)15-19(4)28-26(25)30(24)22-11-9-21(10-12-22)16-20(5)31(27(32)33)36(34,35)23-13-7-17(2)8-14-23/h7-15,20H,6,16H2,1-5H3,(H,32,33)/p-1. The third-order valence-electron chi connectivity index (χ3n) is 6.20. The summed E-state index contributed by atoms with van der Waals surface area (Å²) >= 11 is 0. The molecule has 1 unspecified atom stereocenters. The van der Waals surface area contributed by atoms with E-state index in [1.807, 2.05) is 62.6 Å². The van der Waals surface area contributed by atoms with E-state index in [-0.39, 0.29) is 11.3 Å². The van der Waals surface area contributed by atoms with Gasteiger partial charge in [-0.15, -0.1) is 0 Å². The van der Waals surface area contributed by atoms with Crippen LogP contribution in [0.15, 0.2) is 59.5 Å². The van der Waals surface area contributed by atoms with Gasteiger partial charge in [-0.2, -0.15) is 0 Å². The summed E-state index contributed by atoms with van der Waals surface area (Å²) in [5.74, 6) is 0.889. The Morgan fingerprint density at radius 3 is 2.25 bits per heavy atom. The Labute approximate surface area is 211 Å². The molecular weight excluding hydrogens is 476 g/mol. The third kappa shape index (κ3) is 4.70. The maximum Gasteiger partial charge on any atom is 0.265 e. The first-order chi connectivity index (χ1) is 17.0. The predicted molar refractivity (Wildman–Crippen MR) is 136 cm³/mol. The van der Waals surface area contributed by atoms with Crippen LogP contribution in [0.2, 0.25) is 0 Å². The van der Waals surface area contributed by atoms with Gasteiger partial charge in [-0.25, -0.2) is 22.7 Å². The highest BCUT2D eigenvalue weighted by atomic mass is 32.2. The number of aromatic nitrogens is 3. The van der Waals surface area contributed by atoms with Crippen molar-refractivity contribution in [2.45, 2.75) is 58.4 Å². The third-order valence-corrected chi connectivity index (χ3v) is 8.10. The number of pyridine rings is 1. The molecule has 0 aliphatic rings. The van der Waals surface area contributed by atoms with Crippen molar-refractivity contribution in [1.29, 1.82) is 0 Å². The second-order valence-corrected chi connectivity index (χ2v) is 10.9. The Balaban J connectivity index is 1.64. The fourth-order valence-corrected chi connectivity index (χ4v) is 5.91. The van der Waals surface area contributed by atoms with Crippen molar-refractivity contribution < 1.29 is 18.3 Å². The number of carbonyl (C=O) groups excluding carboxylic acids is 1. The van der Waals surface area contributed by atoms with Crippen LogP contribution in [-0.4, -0.2) is 39.4 Å². The van der Waals surface area contributed by atoms with Crippen LogP contribution < -0.4 is 5.11 Å². The van der Waals surface area contributed by atoms with Gasteiger partial charge in [0.05, 0.1) is 4.90 Å². The Hall–Kier alpha value is -3.72. The van der Waals surface area contributed by atoms with Gasteiger partial charge in [0.2, 0.25) is 0 Å². The first-order valence-corrected chi connectivity index (χ1v) is 13.2. The zero-order valence-corrected chi connectivity index (χ0v) is 21.8. The van der Waals surface area contributed by atoms with Gasteiger partial charge in [-0.05, 0) is 75.6 Å². The quantitative estimate of drug-likeness (QED) is 0.377. The number of sulfonamides is 1. The van der Waals surface area contributed by atoms with E-state index in [1.54, 1.807) is 19.1 Å². The maximum absolute atomic E-state index is 13.1. The molecule has 0 saturated heterocycles. The molecule has 2 aromatic carbocycles. The van der Waals surface area contributed by atoms with Crippen molar-refractivity contribution >= 4 is 27.3 Å². The topological polar surface area (TPSA) is 108 Å². The van der Waals surface area contributed by atoms with Gasteiger partial charge in [0, 0.05) is 23.8 Å². The molecule has 36 heavy (non-hydrogen) atoms. The predicted octanol–water partition coefficient (Wildman–Crippen LogP) is 3.87. The Morgan fingerprint density at radius 2 is 1.67 bits per heavy atom. The molecule has 1 amide bonds. The molecule has 2 heterocycles. The minimum Gasteiger partial charge on any atom is -0.529 e. The smallest absolute Gasteiger partial charge is 0.265 e. The first-order valence-electron chi connectivity index (χ1n) is 11.8. The number of imidazole rings is 1. The highest BCUT2D eigenvalue weighted by Gasteiger charge is 2.29. The lowest BCUT2D eigenvalue weighted by Crippen LogP contribution is -2.50. The number of nitrogens with zero attached hydrogens (tertiary/aromatic N) is 4. The lowest BCUT2D eigenvalue weighted by Gasteiger charge is -2.30. The van der Waals surface area contributed by atoms with E-state index in [0.717, 1.165) is 51.5 Å². The molecule has 4 aromatic rings. The fraction of sp³-hybridized carbons (Fsp3) is 0.296. The molecule has 0 N–H and O–H groups in total.